The van der Waals surface area contributed by atoms with Gasteiger partial charge in [0.05, 0.1) is 0 Å². The van der Waals surface area contributed by atoms with Gasteiger partial charge < -0.3 is 5.32 Å². The quantitative estimate of drug-likeness (QED) is 0.153. The van der Waals surface area contributed by atoms with Crippen molar-refractivity contribution in [2.75, 3.05) is 12.4 Å². The molecule has 0 heterocycles. The molecule has 1 saturated carbocycles. The lowest BCUT2D eigenvalue weighted by molar-refractivity contribution is -0.151. The van der Waals surface area contributed by atoms with Gasteiger partial charge in [0.2, 0.25) is 5.96 Å². The van der Waals surface area contributed by atoms with Crippen molar-refractivity contribution in [3.05, 3.63) is 68.8 Å². The second-order valence-electron chi connectivity index (χ2n) is 9.06. The number of carbonyl (C=O) groups excluding carboxylic acids is 1. The fourth-order valence-corrected chi connectivity index (χ4v) is 4.71. The van der Waals surface area contributed by atoms with Crippen LogP contribution in [-0.4, -0.2) is 48.2 Å². The van der Waals surface area contributed by atoms with Gasteiger partial charge in [-0.05, 0) is 56.3 Å². The molecule has 0 saturated heterocycles. The normalized spacial score (nSPS) is 16.7. The summed E-state index contributed by atoms with van der Waals surface area (Å²) in [6.45, 7) is 0. The van der Waals surface area contributed by atoms with E-state index < -0.39 is 36.5 Å². The lowest BCUT2D eigenvalue weighted by Crippen LogP contribution is -2.46. The van der Waals surface area contributed by atoms with Crippen molar-refractivity contribution in [1.29, 1.82) is 0 Å². The van der Waals surface area contributed by atoms with Crippen LogP contribution >= 0.6 is 23.2 Å². The predicted molar refractivity (Wildman–Crippen MR) is 140 cm³/mol. The van der Waals surface area contributed by atoms with Gasteiger partial charge in [0.15, 0.2) is 6.04 Å². The number of nitroso groups, excluding NO2 is 1. The highest BCUT2D eigenvalue weighted by molar-refractivity contribution is 6.31. The third-order valence-corrected chi connectivity index (χ3v) is 6.74. The molecule has 1 aliphatic rings. The number of aliphatic imine (C=N–C) groups is 1. The number of rotatable bonds is 8. The Bertz CT molecular complexity index is 1140. The Labute approximate surface area is 227 Å². The Hall–Kier alpha value is -2.76. The van der Waals surface area contributed by atoms with E-state index in [1.807, 2.05) is 0 Å². The topological polar surface area (TPSA) is 86.2 Å². The van der Waals surface area contributed by atoms with E-state index in [-0.39, 0.29) is 28.3 Å². The molecule has 0 spiro atoms. The molecule has 13 heteroatoms. The standard InChI is InChI=1S/C25H27Cl2F4N5O2/c1-36(20-8-3-2-4-9-20)22(14-21(35-38)25(29,30)31)33-24(32-19-12-17(27)11-18(28)13-19)34-23(37)15-6-5-7-16(26)10-15/h5-7,10-13,20-22H,2-4,8-9,14H2,1H3,(H2,32,33,34,37). The van der Waals surface area contributed by atoms with Gasteiger partial charge >= 0.3 is 6.18 Å². The molecule has 0 radical (unpaired) electrons. The van der Waals surface area contributed by atoms with Crippen molar-refractivity contribution in [1.82, 2.24) is 10.2 Å². The van der Waals surface area contributed by atoms with Crippen LogP contribution in [0.15, 0.2) is 52.6 Å². The summed E-state index contributed by atoms with van der Waals surface area (Å²) < 4.78 is 54.5. The number of amides is 1. The molecule has 1 aliphatic carbocycles. The monoisotopic (exact) mass is 575 g/mol. The number of carbonyl (C=O) groups is 1. The predicted octanol–water partition coefficient (Wildman–Crippen LogP) is 7.01. The number of guanidine groups is 1. The van der Waals surface area contributed by atoms with E-state index in [1.165, 1.54) is 18.2 Å². The summed E-state index contributed by atoms with van der Waals surface area (Å²) in [6, 6.07) is 6.90. The minimum Gasteiger partial charge on any atom is -0.326 e. The Morgan fingerprint density at radius 1 is 1.11 bits per heavy atom. The lowest BCUT2D eigenvalue weighted by atomic mass is 9.93. The third kappa shape index (κ3) is 8.64. The first-order valence-corrected chi connectivity index (χ1v) is 12.7. The summed E-state index contributed by atoms with van der Waals surface area (Å²) in [5.74, 6) is -1.61. The molecular formula is C25H27Cl2F4N5O2. The molecule has 1 fully saturated rings. The molecule has 2 unspecified atom stereocenters. The number of hydrogen-bond acceptors (Lipinski definition) is 5. The molecule has 206 valence electrons. The first kappa shape index (κ1) is 29.8. The number of benzene rings is 2. The van der Waals surface area contributed by atoms with Crippen LogP contribution in [0.4, 0.5) is 23.2 Å². The van der Waals surface area contributed by atoms with Crippen LogP contribution in [0.5, 0.6) is 0 Å². The number of anilines is 1. The molecule has 2 aromatic carbocycles. The maximum atomic E-state index is 14.0. The molecule has 0 bridgehead atoms. The summed E-state index contributed by atoms with van der Waals surface area (Å²) in [5, 5.41) is 7.90. The second-order valence-corrected chi connectivity index (χ2v) is 9.93. The first-order valence-electron chi connectivity index (χ1n) is 11.9. The van der Waals surface area contributed by atoms with Gasteiger partial charge in [0.25, 0.3) is 5.91 Å². The van der Waals surface area contributed by atoms with Crippen LogP contribution in [0, 0.1) is 10.7 Å². The van der Waals surface area contributed by atoms with Gasteiger partial charge in [-0.25, -0.2) is 9.38 Å². The zero-order valence-electron chi connectivity index (χ0n) is 20.4. The summed E-state index contributed by atoms with van der Waals surface area (Å²) in [6.07, 6.45) is -2.55. The minimum atomic E-state index is -4.88. The average molecular weight is 576 g/mol. The fraction of sp³-hybridized carbons (Fsp3) is 0.440. The highest BCUT2D eigenvalue weighted by Crippen LogP contribution is 2.30. The van der Waals surface area contributed by atoms with Crippen molar-refractivity contribution in [3.63, 3.8) is 0 Å². The van der Waals surface area contributed by atoms with Crippen molar-refractivity contribution < 1.29 is 22.4 Å². The van der Waals surface area contributed by atoms with Gasteiger partial charge in [-0.2, -0.15) is 18.1 Å². The molecule has 38 heavy (non-hydrogen) atoms. The smallest absolute Gasteiger partial charge is 0.326 e. The van der Waals surface area contributed by atoms with E-state index in [2.05, 4.69) is 20.8 Å². The molecule has 2 atom stereocenters. The Morgan fingerprint density at radius 3 is 2.42 bits per heavy atom. The van der Waals surface area contributed by atoms with Gasteiger partial charge in [-0.1, -0.05) is 53.7 Å². The van der Waals surface area contributed by atoms with Crippen LogP contribution in [-0.2, 0) is 0 Å². The van der Waals surface area contributed by atoms with Crippen LogP contribution in [0.2, 0.25) is 10.0 Å². The summed E-state index contributed by atoms with van der Waals surface area (Å²) >= 11 is 11.9. The maximum Gasteiger partial charge on any atom is 0.414 e. The minimum absolute atomic E-state index is 0.0474. The Kier molecular flexibility index (Phi) is 10.5. The maximum absolute atomic E-state index is 14.0. The van der Waals surface area contributed by atoms with Gasteiger partial charge in [-0.15, -0.1) is 0 Å². The fourth-order valence-electron chi connectivity index (χ4n) is 4.29. The van der Waals surface area contributed by atoms with Gasteiger partial charge in [0.1, 0.15) is 12.0 Å². The largest absolute Gasteiger partial charge is 0.414 e. The number of halogens is 6. The Morgan fingerprint density at radius 2 is 1.82 bits per heavy atom. The highest BCUT2D eigenvalue weighted by Gasteiger charge is 2.43. The molecule has 0 aliphatic heterocycles. The molecule has 2 N–H and O–H groups in total. The van der Waals surface area contributed by atoms with Crippen LogP contribution in [0.1, 0.15) is 48.9 Å². The molecule has 1 amide bonds. The number of nitrogens with one attached hydrogen (secondary N) is 2. The molecule has 0 aromatic heterocycles. The number of alkyl halides is 3. The zero-order chi connectivity index (χ0) is 27.9. The van der Waals surface area contributed by atoms with Crippen molar-refractivity contribution in [2.45, 2.75) is 63.0 Å². The summed E-state index contributed by atoms with van der Waals surface area (Å²) in [4.78, 5) is 30.2. The average Bonchev–Trinajstić information content (AvgIpc) is 2.85. The van der Waals surface area contributed by atoms with E-state index in [0.717, 1.165) is 44.2 Å². The SMILES string of the molecule is CN(C1CCCCC1)C(CC(N=O)C(F)(F)F)N=C(NC(=O)c1cccc(Cl)c1)Nc1cc(F)cc(Cl)c1. The molecule has 3 rings (SSSR count). The van der Waals surface area contributed by atoms with Crippen molar-refractivity contribution >= 4 is 40.8 Å². The zero-order valence-corrected chi connectivity index (χ0v) is 22.0. The molecule has 7 nitrogen and oxygen atoms in total. The number of nitrogens with zero attached hydrogens (tertiary/aromatic N) is 3. The highest BCUT2D eigenvalue weighted by atomic mass is 35.5. The Balaban J connectivity index is 2.01. The summed E-state index contributed by atoms with van der Waals surface area (Å²) in [5.41, 5.74) is 0.254. The van der Waals surface area contributed by atoms with Crippen LogP contribution < -0.4 is 10.6 Å². The first-order chi connectivity index (χ1) is 18.0. The van der Waals surface area contributed by atoms with Crippen LogP contribution in [0.25, 0.3) is 0 Å². The second kappa shape index (κ2) is 13.3. The van der Waals surface area contributed by atoms with E-state index in [1.54, 1.807) is 24.1 Å². The van der Waals surface area contributed by atoms with Crippen molar-refractivity contribution in [2.24, 2.45) is 10.2 Å². The summed E-state index contributed by atoms with van der Waals surface area (Å²) in [7, 11) is 1.62. The van der Waals surface area contributed by atoms with E-state index >= 15 is 0 Å². The van der Waals surface area contributed by atoms with Gasteiger partial charge in [0, 0.05) is 33.8 Å². The molecular weight excluding hydrogens is 549 g/mol. The van der Waals surface area contributed by atoms with E-state index in [0.29, 0.717) is 5.02 Å². The van der Waals surface area contributed by atoms with Crippen molar-refractivity contribution in [3.8, 4) is 0 Å². The van der Waals surface area contributed by atoms with Gasteiger partial charge in [-0.3, -0.25) is 15.0 Å². The molecule has 2 aromatic rings. The number of hydrogen-bond donors (Lipinski definition) is 2. The van der Waals surface area contributed by atoms with E-state index in [4.69, 9.17) is 23.2 Å². The lowest BCUT2D eigenvalue weighted by Gasteiger charge is -2.36. The van der Waals surface area contributed by atoms with E-state index in [9.17, 15) is 27.3 Å². The third-order valence-electron chi connectivity index (χ3n) is 6.28. The van der Waals surface area contributed by atoms with Crippen LogP contribution in [0.3, 0.4) is 0 Å².